The molecule has 0 unspecified atom stereocenters. The van der Waals surface area contributed by atoms with E-state index >= 15 is 0 Å². The molecule has 0 atom stereocenters. The SMILES string of the molecule is COc1ccc(Cl)c2sc(NC(=O)NCc3ccc(F)cc3)nc12. The number of amides is 2. The lowest BCUT2D eigenvalue weighted by molar-refractivity contribution is 0.251. The van der Waals surface area contributed by atoms with Crippen LogP contribution in [0, 0.1) is 5.82 Å². The topological polar surface area (TPSA) is 63.2 Å². The number of hydrogen-bond acceptors (Lipinski definition) is 4. The molecule has 124 valence electrons. The molecule has 8 heteroatoms. The number of benzene rings is 2. The number of urea groups is 1. The summed E-state index contributed by atoms with van der Waals surface area (Å²) in [6.45, 7) is 0.279. The lowest BCUT2D eigenvalue weighted by Gasteiger charge is -2.05. The maximum absolute atomic E-state index is 12.8. The van der Waals surface area contributed by atoms with Crippen LogP contribution in [0.3, 0.4) is 0 Å². The van der Waals surface area contributed by atoms with Crippen molar-refractivity contribution in [2.75, 3.05) is 12.4 Å². The summed E-state index contributed by atoms with van der Waals surface area (Å²) in [6.07, 6.45) is 0. The van der Waals surface area contributed by atoms with E-state index in [0.29, 0.717) is 21.4 Å². The molecule has 0 bridgehead atoms. The summed E-state index contributed by atoms with van der Waals surface area (Å²) in [5, 5.41) is 6.30. The first kappa shape index (κ1) is 16.5. The van der Waals surface area contributed by atoms with E-state index in [0.717, 1.165) is 10.3 Å². The fourth-order valence-corrected chi connectivity index (χ4v) is 3.25. The fraction of sp³-hybridized carbons (Fsp3) is 0.125. The number of nitrogens with zero attached hydrogens (tertiary/aromatic N) is 1. The lowest BCUT2D eigenvalue weighted by atomic mass is 10.2. The number of thiazole rings is 1. The molecule has 0 spiro atoms. The van der Waals surface area contributed by atoms with Gasteiger partial charge in [-0.25, -0.2) is 14.2 Å². The average molecular weight is 366 g/mol. The molecule has 0 aliphatic rings. The molecule has 0 saturated carbocycles. The monoisotopic (exact) mass is 365 g/mol. The Balaban J connectivity index is 1.69. The van der Waals surface area contributed by atoms with Gasteiger partial charge >= 0.3 is 6.03 Å². The van der Waals surface area contributed by atoms with E-state index in [9.17, 15) is 9.18 Å². The maximum Gasteiger partial charge on any atom is 0.321 e. The zero-order chi connectivity index (χ0) is 17.1. The van der Waals surface area contributed by atoms with Gasteiger partial charge in [0.1, 0.15) is 17.1 Å². The number of rotatable bonds is 4. The number of halogens is 2. The molecule has 2 amide bonds. The van der Waals surface area contributed by atoms with Crippen LogP contribution in [-0.2, 0) is 6.54 Å². The van der Waals surface area contributed by atoms with Gasteiger partial charge in [-0.1, -0.05) is 35.1 Å². The molecule has 5 nitrogen and oxygen atoms in total. The zero-order valence-electron chi connectivity index (χ0n) is 12.6. The summed E-state index contributed by atoms with van der Waals surface area (Å²) in [6, 6.07) is 8.94. The molecule has 0 fully saturated rings. The number of carbonyl (C=O) groups is 1. The Labute approximate surface area is 146 Å². The van der Waals surface area contributed by atoms with Crippen LogP contribution < -0.4 is 15.4 Å². The van der Waals surface area contributed by atoms with Crippen molar-refractivity contribution in [2.24, 2.45) is 0 Å². The van der Waals surface area contributed by atoms with Crippen molar-refractivity contribution in [1.82, 2.24) is 10.3 Å². The van der Waals surface area contributed by atoms with Crippen molar-refractivity contribution in [3.8, 4) is 5.75 Å². The van der Waals surface area contributed by atoms with Gasteiger partial charge in [-0.15, -0.1) is 0 Å². The number of hydrogen-bond donors (Lipinski definition) is 2. The molecule has 2 N–H and O–H groups in total. The number of aromatic nitrogens is 1. The zero-order valence-corrected chi connectivity index (χ0v) is 14.2. The van der Waals surface area contributed by atoms with Gasteiger partial charge in [-0.3, -0.25) is 5.32 Å². The molecule has 0 radical (unpaired) electrons. The minimum atomic E-state index is -0.409. The molecular formula is C16H13ClFN3O2S. The third kappa shape index (κ3) is 3.58. The van der Waals surface area contributed by atoms with Crippen LogP contribution in [0.4, 0.5) is 14.3 Å². The van der Waals surface area contributed by atoms with Crippen molar-refractivity contribution in [3.05, 3.63) is 52.8 Å². The number of fused-ring (bicyclic) bond motifs is 1. The number of methoxy groups -OCH3 is 1. The van der Waals surface area contributed by atoms with Gasteiger partial charge in [0.25, 0.3) is 0 Å². The molecule has 3 aromatic rings. The summed E-state index contributed by atoms with van der Waals surface area (Å²) in [5.74, 6) is 0.272. The molecule has 3 rings (SSSR count). The van der Waals surface area contributed by atoms with Crippen molar-refractivity contribution >= 4 is 44.3 Å². The highest BCUT2D eigenvalue weighted by atomic mass is 35.5. The molecule has 0 saturated heterocycles. The van der Waals surface area contributed by atoms with Crippen LogP contribution in [0.15, 0.2) is 36.4 Å². The Morgan fingerprint density at radius 1 is 1.29 bits per heavy atom. The van der Waals surface area contributed by atoms with Crippen LogP contribution in [0.25, 0.3) is 10.2 Å². The van der Waals surface area contributed by atoms with Gasteiger partial charge in [0, 0.05) is 6.54 Å². The summed E-state index contributed by atoms with van der Waals surface area (Å²) < 4.78 is 18.8. The Morgan fingerprint density at radius 2 is 2.04 bits per heavy atom. The van der Waals surface area contributed by atoms with Gasteiger partial charge in [0.2, 0.25) is 0 Å². The second kappa shape index (κ2) is 7.02. The Bertz CT molecular complexity index is 883. The quantitative estimate of drug-likeness (QED) is 0.719. The third-order valence-corrected chi connectivity index (χ3v) is 4.70. The molecule has 1 aromatic heterocycles. The van der Waals surface area contributed by atoms with Crippen molar-refractivity contribution in [3.63, 3.8) is 0 Å². The highest BCUT2D eigenvalue weighted by molar-refractivity contribution is 7.23. The summed E-state index contributed by atoms with van der Waals surface area (Å²) in [5.41, 5.74) is 1.39. The van der Waals surface area contributed by atoms with Gasteiger partial charge in [0.05, 0.1) is 16.8 Å². The van der Waals surface area contributed by atoms with Crippen LogP contribution in [0.2, 0.25) is 5.02 Å². The van der Waals surface area contributed by atoms with Crippen LogP contribution >= 0.6 is 22.9 Å². The first-order valence-electron chi connectivity index (χ1n) is 6.99. The average Bonchev–Trinajstić information content (AvgIpc) is 2.99. The van der Waals surface area contributed by atoms with E-state index in [1.807, 2.05) is 0 Å². The highest BCUT2D eigenvalue weighted by Gasteiger charge is 2.13. The van der Waals surface area contributed by atoms with Gasteiger partial charge < -0.3 is 10.1 Å². The third-order valence-electron chi connectivity index (χ3n) is 3.27. The number of anilines is 1. The Kier molecular flexibility index (Phi) is 4.82. The number of nitrogens with one attached hydrogen (secondary N) is 2. The predicted molar refractivity (Wildman–Crippen MR) is 93.4 cm³/mol. The Hall–Kier alpha value is -2.38. The molecule has 2 aromatic carbocycles. The summed E-state index contributed by atoms with van der Waals surface area (Å²) >= 11 is 7.41. The first-order valence-corrected chi connectivity index (χ1v) is 8.18. The van der Waals surface area contributed by atoms with Gasteiger partial charge in [0.15, 0.2) is 5.13 Å². The Morgan fingerprint density at radius 3 is 2.75 bits per heavy atom. The van der Waals surface area contributed by atoms with Crippen LogP contribution in [0.1, 0.15) is 5.56 Å². The fourth-order valence-electron chi connectivity index (χ4n) is 2.10. The number of carbonyl (C=O) groups excluding carboxylic acids is 1. The molecule has 0 aliphatic heterocycles. The summed E-state index contributed by atoms with van der Waals surface area (Å²) in [4.78, 5) is 16.3. The molecule has 24 heavy (non-hydrogen) atoms. The minimum absolute atomic E-state index is 0.279. The van der Waals surface area contributed by atoms with Crippen molar-refractivity contribution in [1.29, 1.82) is 0 Å². The maximum atomic E-state index is 12.8. The van der Waals surface area contributed by atoms with Gasteiger partial charge in [-0.2, -0.15) is 0 Å². The van der Waals surface area contributed by atoms with Crippen molar-refractivity contribution < 1.29 is 13.9 Å². The van der Waals surface area contributed by atoms with Crippen LogP contribution in [0.5, 0.6) is 5.75 Å². The standard InChI is InChI=1S/C16H13ClFN3O2S/c1-23-12-7-6-11(17)14-13(12)20-16(24-14)21-15(22)19-8-9-2-4-10(18)5-3-9/h2-7H,8H2,1H3,(H2,19,20,21,22). The van der Waals surface area contributed by atoms with E-state index < -0.39 is 6.03 Å². The second-order valence-electron chi connectivity index (χ2n) is 4.88. The second-order valence-corrected chi connectivity index (χ2v) is 6.29. The minimum Gasteiger partial charge on any atom is -0.494 e. The smallest absolute Gasteiger partial charge is 0.321 e. The van der Waals surface area contributed by atoms with E-state index in [1.54, 1.807) is 31.4 Å². The van der Waals surface area contributed by atoms with Gasteiger partial charge in [-0.05, 0) is 29.8 Å². The van der Waals surface area contributed by atoms with E-state index in [1.165, 1.54) is 23.5 Å². The van der Waals surface area contributed by atoms with E-state index in [4.69, 9.17) is 16.3 Å². The predicted octanol–water partition coefficient (Wildman–Crippen LogP) is 4.42. The number of ether oxygens (including phenoxy) is 1. The first-order chi connectivity index (χ1) is 11.6. The lowest BCUT2D eigenvalue weighted by Crippen LogP contribution is -2.28. The van der Waals surface area contributed by atoms with E-state index in [-0.39, 0.29) is 12.4 Å². The summed E-state index contributed by atoms with van der Waals surface area (Å²) in [7, 11) is 1.55. The van der Waals surface area contributed by atoms with E-state index in [2.05, 4.69) is 15.6 Å². The molecule has 0 aliphatic carbocycles. The molecular weight excluding hydrogens is 353 g/mol. The van der Waals surface area contributed by atoms with Crippen molar-refractivity contribution in [2.45, 2.75) is 6.54 Å². The molecule has 1 heterocycles. The van der Waals surface area contributed by atoms with Crippen LogP contribution in [-0.4, -0.2) is 18.1 Å². The normalized spacial score (nSPS) is 10.6. The highest BCUT2D eigenvalue weighted by Crippen LogP contribution is 2.37. The largest absolute Gasteiger partial charge is 0.494 e.